The van der Waals surface area contributed by atoms with E-state index in [0.717, 1.165) is 11.5 Å². The molecule has 2 aromatic rings. The molecule has 0 bridgehead atoms. The van der Waals surface area contributed by atoms with E-state index >= 15 is 0 Å². The average molecular weight is 279 g/mol. The van der Waals surface area contributed by atoms with Gasteiger partial charge in [-0.15, -0.1) is 0 Å². The van der Waals surface area contributed by atoms with Crippen LogP contribution in [0.4, 0.5) is 0 Å². The van der Waals surface area contributed by atoms with E-state index in [9.17, 15) is 0 Å². The summed E-state index contributed by atoms with van der Waals surface area (Å²) in [7, 11) is 1.66. The first-order chi connectivity index (χ1) is 7.88. The van der Waals surface area contributed by atoms with E-state index in [0.29, 0.717) is 0 Å². The van der Waals surface area contributed by atoms with Crippen LogP contribution in [0.3, 0.4) is 0 Å². The van der Waals surface area contributed by atoms with Crippen LogP contribution >= 0.6 is 0 Å². The van der Waals surface area contributed by atoms with Crippen molar-refractivity contribution >= 4 is 19.7 Å². The van der Waals surface area contributed by atoms with Crippen LogP contribution in [0.15, 0.2) is 54.6 Å². The molecule has 0 aromatic heterocycles. The number of hydrogen-bond acceptors (Lipinski definition) is 2. The zero-order valence-electron chi connectivity index (χ0n) is 8.92. The minimum absolute atomic E-state index is 0.0237. The topological polar surface area (TPSA) is 18.5 Å². The van der Waals surface area contributed by atoms with Gasteiger partial charge in [0.15, 0.2) is 0 Å². The molecule has 82 valence electrons. The summed E-state index contributed by atoms with van der Waals surface area (Å²) in [6.45, 7) is 0. The molecule has 0 N–H and O–H groups in total. The van der Waals surface area contributed by atoms with E-state index in [2.05, 4.69) is 12.1 Å². The fourth-order valence-electron chi connectivity index (χ4n) is 1.20. The predicted molar refractivity (Wildman–Crippen MR) is 65.5 cm³/mol. The molecule has 2 aromatic carbocycles. The van der Waals surface area contributed by atoms with Gasteiger partial charge in [-0.25, -0.2) is 0 Å². The molecule has 0 fully saturated rings. The molecule has 0 aliphatic heterocycles. The molecule has 16 heavy (non-hydrogen) atoms. The van der Waals surface area contributed by atoms with Crippen LogP contribution in [0.25, 0.3) is 0 Å². The maximum absolute atomic E-state index is 5.70. The van der Waals surface area contributed by atoms with E-state index in [-0.39, 0.29) is 15.3 Å². The Balaban J connectivity index is 1.94. The SMILES string of the molecule is COc1ccc(O[Se]c2ccccc2)cc1. The van der Waals surface area contributed by atoms with Crippen molar-refractivity contribution in [1.29, 1.82) is 0 Å². The Kier molecular flexibility index (Phi) is 3.86. The van der Waals surface area contributed by atoms with Gasteiger partial charge < -0.3 is 0 Å². The summed E-state index contributed by atoms with van der Waals surface area (Å²) < 4.78 is 12.0. The summed E-state index contributed by atoms with van der Waals surface area (Å²) in [4.78, 5) is 0. The molecular formula is C13H12O2Se. The molecule has 2 nitrogen and oxygen atoms in total. The van der Waals surface area contributed by atoms with Crippen LogP contribution in [-0.2, 0) is 0 Å². The number of hydrogen-bond donors (Lipinski definition) is 0. The second-order valence-corrected chi connectivity index (χ2v) is 4.84. The summed E-state index contributed by atoms with van der Waals surface area (Å²) in [5.74, 6) is 1.73. The van der Waals surface area contributed by atoms with Crippen molar-refractivity contribution < 1.29 is 8.56 Å². The summed E-state index contributed by atoms with van der Waals surface area (Å²) in [6.07, 6.45) is 0. The van der Waals surface area contributed by atoms with Gasteiger partial charge in [0, 0.05) is 0 Å². The summed E-state index contributed by atoms with van der Waals surface area (Å²) in [5.41, 5.74) is 0. The van der Waals surface area contributed by atoms with Gasteiger partial charge in [0.2, 0.25) is 0 Å². The van der Waals surface area contributed by atoms with Gasteiger partial charge in [0.05, 0.1) is 0 Å². The van der Waals surface area contributed by atoms with Crippen LogP contribution in [0.5, 0.6) is 11.5 Å². The normalized spacial score (nSPS) is 9.81. The van der Waals surface area contributed by atoms with E-state index in [1.807, 2.05) is 42.5 Å². The summed E-state index contributed by atoms with van der Waals surface area (Å²) in [6, 6.07) is 17.8. The van der Waals surface area contributed by atoms with Gasteiger partial charge in [0.25, 0.3) is 0 Å². The second-order valence-electron chi connectivity index (χ2n) is 3.16. The standard InChI is InChI=1S/C13H12O2Se/c1-14-11-7-9-12(10-8-11)15-16-13-5-3-2-4-6-13/h2-10H,1H3. The molecule has 0 heterocycles. The number of methoxy groups -OCH3 is 1. The third-order valence-electron chi connectivity index (χ3n) is 2.04. The maximum atomic E-state index is 5.70. The van der Waals surface area contributed by atoms with Gasteiger partial charge in [-0.05, 0) is 0 Å². The van der Waals surface area contributed by atoms with Crippen molar-refractivity contribution in [2.24, 2.45) is 0 Å². The van der Waals surface area contributed by atoms with Crippen LogP contribution in [0, 0.1) is 0 Å². The molecule has 0 unspecified atom stereocenters. The van der Waals surface area contributed by atoms with E-state index in [1.54, 1.807) is 7.11 Å². The third-order valence-corrected chi connectivity index (χ3v) is 3.59. The molecule has 0 saturated carbocycles. The fourth-order valence-corrected chi connectivity index (χ4v) is 2.40. The molecule has 0 aliphatic carbocycles. The predicted octanol–water partition coefficient (Wildman–Crippen LogP) is 2.02. The van der Waals surface area contributed by atoms with Crippen molar-refractivity contribution in [2.45, 2.75) is 0 Å². The first-order valence-corrected chi connectivity index (χ1v) is 6.48. The fraction of sp³-hybridized carbons (Fsp3) is 0.0769. The van der Waals surface area contributed by atoms with Crippen molar-refractivity contribution in [3.63, 3.8) is 0 Å². The molecule has 0 amide bonds. The summed E-state index contributed by atoms with van der Waals surface area (Å²) >= 11 is 0.0237. The Labute approximate surface area is 102 Å². The van der Waals surface area contributed by atoms with Crippen molar-refractivity contribution in [1.82, 2.24) is 0 Å². The van der Waals surface area contributed by atoms with Crippen LogP contribution in [0.1, 0.15) is 0 Å². The monoisotopic (exact) mass is 280 g/mol. The van der Waals surface area contributed by atoms with E-state index in [4.69, 9.17) is 8.56 Å². The number of ether oxygens (including phenoxy) is 1. The Hall–Kier alpha value is -1.44. The van der Waals surface area contributed by atoms with Gasteiger partial charge in [-0.3, -0.25) is 0 Å². The first kappa shape index (κ1) is 11.1. The Morgan fingerprint density at radius 3 is 2.06 bits per heavy atom. The molecule has 0 spiro atoms. The van der Waals surface area contributed by atoms with Crippen molar-refractivity contribution in [2.75, 3.05) is 7.11 Å². The number of rotatable bonds is 4. The van der Waals surface area contributed by atoms with Gasteiger partial charge in [-0.1, -0.05) is 0 Å². The van der Waals surface area contributed by atoms with Crippen molar-refractivity contribution in [3.8, 4) is 11.5 Å². The van der Waals surface area contributed by atoms with E-state index < -0.39 is 0 Å². The van der Waals surface area contributed by atoms with Crippen LogP contribution in [-0.4, -0.2) is 22.4 Å². The molecule has 0 atom stereocenters. The van der Waals surface area contributed by atoms with Gasteiger partial charge >= 0.3 is 102 Å². The Morgan fingerprint density at radius 2 is 1.44 bits per heavy atom. The molecular weight excluding hydrogens is 267 g/mol. The molecule has 2 rings (SSSR count). The zero-order valence-corrected chi connectivity index (χ0v) is 10.6. The Morgan fingerprint density at radius 1 is 0.812 bits per heavy atom. The van der Waals surface area contributed by atoms with E-state index in [1.165, 1.54) is 4.46 Å². The minimum atomic E-state index is 0.0237. The molecule has 3 heteroatoms. The first-order valence-electron chi connectivity index (χ1n) is 4.92. The quantitative estimate of drug-likeness (QED) is 0.797. The van der Waals surface area contributed by atoms with Crippen LogP contribution < -0.4 is 13.0 Å². The van der Waals surface area contributed by atoms with Gasteiger partial charge in [0.1, 0.15) is 0 Å². The molecule has 0 aliphatic rings. The average Bonchev–Trinajstić information content (AvgIpc) is 2.38. The summed E-state index contributed by atoms with van der Waals surface area (Å²) in [5, 5.41) is 0. The van der Waals surface area contributed by atoms with Crippen molar-refractivity contribution in [3.05, 3.63) is 54.6 Å². The molecule has 0 saturated heterocycles. The van der Waals surface area contributed by atoms with Gasteiger partial charge in [-0.2, -0.15) is 0 Å². The number of benzene rings is 2. The zero-order chi connectivity index (χ0) is 11.2. The second kappa shape index (κ2) is 5.59. The van der Waals surface area contributed by atoms with Crippen LogP contribution in [0.2, 0.25) is 0 Å². The third kappa shape index (κ3) is 3.02. The molecule has 0 radical (unpaired) electrons. The Bertz CT molecular complexity index is 425.